The Balaban J connectivity index is 2.04. The van der Waals surface area contributed by atoms with Crippen LogP contribution in [0.2, 0.25) is 0 Å². The summed E-state index contributed by atoms with van der Waals surface area (Å²) in [4.78, 5) is 22.2. The molecule has 2 N–H and O–H groups in total. The third-order valence-electron chi connectivity index (χ3n) is 3.68. The van der Waals surface area contributed by atoms with Gasteiger partial charge in [0.15, 0.2) is 0 Å². The van der Waals surface area contributed by atoms with Gasteiger partial charge in [0, 0.05) is 22.3 Å². The van der Waals surface area contributed by atoms with Gasteiger partial charge in [0.05, 0.1) is 11.0 Å². The van der Waals surface area contributed by atoms with E-state index >= 15 is 0 Å². The average molecular weight is 410 g/mol. The summed E-state index contributed by atoms with van der Waals surface area (Å²) in [7, 11) is 0. The molecule has 0 aliphatic heterocycles. The zero-order valence-electron chi connectivity index (χ0n) is 13.6. The van der Waals surface area contributed by atoms with Gasteiger partial charge in [-0.1, -0.05) is 34.1 Å². The third kappa shape index (κ3) is 4.83. The number of rotatable bonds is 6. The second-order valence-corrected chi connectivity index (χ2v) is 6.40. The molecule has 1 amide bonds. The summed E-state index contributed by atoms with van der Waals surface area (Å²) < 4.78 is 14.3. The molecule has 0 aromatic heterocycles. The molecule has 0 bridgehead atoms. The van der Waals surface area contributed by atoms with Crippen molar-refractivity contribution in [2.45, 2.75) is 25.9 Å². The number of anilines is 1. The fourth-order valence-electron chi connectivity index (χ4n) is 2.35. The summed E-state index contributed by atoms with van der Waals surface area (Å²) >= 11 is 3.47. The maximum atomic E-state index is 13.3. The van der Waals surface area contributed by atoms with E-state index in [2.05, 4.69) is 26.6 Å². The average Bonchev–Trinajstić information content (AvgIpc) is 2.56. The second kappa shape index (κ2) is 8.17. The van der Waals surface area contributed by atoms with Crippen LogP contribution in [0.25, 0.3) is 0 Å². The number of carbonyl (C=O) groups excluding carboxylic acids is 1. The van der Waals surface area contributed by atoms with Crippen LogP contribution >= 0.6 is 15.9 Å². The van der Waals surface area contributed by atoms with Crippen molar-refractivity contribution in [2.24, 2.45) is 0 Å². The van der Waals surface area contributed by atoms with Crippen LogP contribution in [0.4, 0.5) is 15.8 Å². The molecule has 0 spiro atoms. The number of carbonyl (C=O) groups is 1. The molecular formula is C17H17BrFN3O3. The quantitative estimate of drug-likeness (QED) is 0.553. The number of nitro benzene ring substituents is 1. The zero-order chi connectivity index (χ0) is 18.6. The van der Waals surface area contributed by atoms with E-state index in [1.54, 1.807) is 6.92 Å². The first kappa shape index (κ1) is 19.0. The molecule has 2 atom stereocenters. The summed E-state index contributed by atoms with van der Waals surface area (Å²) in [6.07, 6.45) is 0. The number of nitrogens with zero attached hydrogens (tertiary/aromatic N) is 1. The van der Waals surface area contributed by atoms with Crippen LogP contribution in [-0.2, 0) is 4.79 Å². The van der Waals surface area contributed by atoms with Crippen molar-refractivity contribution in [1.82, 2.24) is 5.32 Å². The Kier molecular flexibility index (Phi) is 6.22. The molecule has 0 heterocycles. The minimum Gasteiger partial charge on any atom is -0.324 e. The van der Waals surface area contributed by atoms with Gasteiger partial charge >= 0.3 is 5.69 Å². The van der Waals surface area contributed by atoms with Gasteiger partial charge in [-0.05, 0) is 37.6 Å². The lowest BCUT2D eigenvalue weighted by molar-refractivity contribution is -0.387. The van der Waals surface area contributed by atoms with Crippen molar-refractivity contribution in [1.29, 1.82) is 0 Å². The molecule has 0 unspecified atom stereocenters. The molecule has 0 aliphatic carbocycles. The van der Waals surface area contributed by atoms with Crippen LogP contribution in [0.15, 0.2) is 46.9 Å². The van der Waals surface area contributed by atoms with E-state index in [4.69, 9.17) is 0 Å². The van der Waals surface area contributed by atoms with Crippen LogP contribution in [0, 0.1) is 15.9 Å². The van der Waals surface area contributed by atoms with E-state index < -0.39 is 22.5 Å². The lowest BCUT2D eigenvalue weighted by atomic mass is 10.1. The Morgan fingerprint density at radius 2 is 1.92 bits per heavy atom. The highest BCUT2D eigenvalue weighted by atomic mass is 79.9. The molecule has 8 heteroatoms. The standard InChI is InChI=1S/C17H17BrFN3O3/c1-10(13-5-3-4-6-14(13)18)20-11(2)17(23)21-12-7-8-15(19)16(9-12)22(24)25/h3-11,20H,1-2H3,(H,21,23)/t10-,11-/m1/s1. The highest BCUT2D eigenvalue weighted by Gasteiger charge is 2.20. The fraction of sp³-hybridized carbons (Fsp3) is 0.235. The summed E-state index contributed by atoms with van der Waals surface area (Å²) in [5.74, 6) is -1.32. The van der Waals surface area contributed by atoms with Gasteiger partial charge in [-0.3, -0.25) is 20.2 Å². The molecule has 0 saturated carbocycles. The molecule has 25 heavy (non-hydrogen) atoms. The number of amides is 1. The molecule has 2 rings (SSSR count). The molecule has 2 aromatic rings. The molecule has 0 radical (unpaired) electrons. The topological polar surface area (TPSA) is 84.3 Å². The van der Waals surface area contributed by atoms with Crippen LogP contribution in [-0.4, -0.2) is 16.9 Å². The third-order valence-corrected chi connectivity index (χ3v) is 4.40. The van der Waals surface area contributed by atoms with Gasteiger partial charge in [0.1, 0.15) is 0 Å². The van der Waals surface area contributed by atoms with E-state index in [0.717, 1.165) is 22.2 Å². The summed E-state index contributed by atoms with van der Waals surface area (Å²) in [5, 5.41) is 16.5. The van der Waals surface area contributed by atoms with Crippen molar-refractivity contribution >= 4 is 33.2 Å². The van der Waals surface area contributed by atoms with E-state index in [-0.39, 0.29) is 17.6 Å². The highest BCUT2D eigenvalue weighted by molar-refractivity contribution is 9.10. The lowest BCUT2D eigenvalue weighted by Gasteiger charge is -2.21. The van der Waals surface area contributed by atoms with E-state index in [1.165, 1.54) is 6.07 Å². The van der Waals surface area contributed by atoms with E-state index in [9.17, 15) is 19.3 Å². The largest absolute Gasteiger partial charge is 0.324 e. The maximum Gasteiger partial charge on any atom is 0.306 e. The maximum absolute atomic E-state index is 13.3. The molecule has 2 aromatic carbocycles. The van der Waals surface area contributed by atoms with Gasteiger partial charge in [-0.2, -0.15) is 4.39 Å². The summed E-state index contributed by atoms with van der Waals surface area (Å²) in [5.41, 5.74) is 0.486. The normalized spacial score (nSPS) is 13.1. The monoisotopic (exact) mass is 409 g/mol. The second-order valence-electron chi connectivity index (χ2n) is 5.54. The fourth-order valence-corrected chi connectivity index (χ4v) is 2.98. The predicted molar refractivity (Wildman–Crippen MR) is 96.8 cm³/mol. The van der Waals surface area contributed by atoms with E-state index in [0.29, 0.717) is 0 Å². The Hall–Kier alpha value is -2.32. The Bertz CT molecular complexity index is 800. The predicted octanol–water partition coefficient (Wildman–Crippen LogP) is 4.17. The first-order chi connectivity index (χ1) is 11.8. The summed E-state index contributed by atoms with van der Waals surface area (Å²) in [6, 6.07) is 10.2. The van der Waals surface area contributed by atoms with Crippen LogP contribution in [0.3, 0.4) is 0 Å². The van der Waals surface area contributed by atoms with Gasteiger partial charge in [-0.15, -0.1) is 0 Å². The molecule has 0 fully saturated rings. The zero-order valence-corrected chi connectivity index (χ0v) is 15.2. The number of hydrogen-bond donors (Lipinski definition) is 2. The minimum atomic E-state index is -0.947. The first-order valence-electron chi connectivity index (χ1n) is 7.55. The van der Waals surface area contributed by atoms with Gasteiger partial charge in [-0.25, -0.2) is 0 Å². The molecular weight excluding hydrogens is 393 g/mol. The first-order valence-corrected chi connectivity index (χ1v) is 8.34. The van der Waals surface area contributed by atoms with E-state index in [1.807, 2.05) is 31.2 Å². The van der Waals surface area contributed by atoms with Crippen LogP contribution in [0.1, 0.15) is 25.5 Å². The molecule has 6 nitrogen and oxygen atoms in total. The molecule has 132 valence electrons. The Morgan fingerprint density at radius 3 is 2.56 bits per heavy atom. The van der Waals surface area contributed by atoms with Crippen molar-refractivity contribution in [3.63, 3.8) is 0 Å². The number of nitrogens with one attached hydrogen (secondary N) is 2. The van der Waals surface area contributed by atoms with Crippen molar-refractivity contribution in [2.75, 3.05) is 5.32 Å². The van der Waals surface area contributed by atoms with Crippen molar-refractivity contribution in [3.05, 3.63) is 68.4 Å². The highest BCUT2D eigenvalue weighted by Crippen LogP contribution is 2.24. The smallest absolute Gasteiger partial charge is 0.306 e. The van der Waals surface area contributed by atoms with Gasteiger partial charge in [0.25, 0.3) is 0 Å². The number of halogens is 2. The van der Waals surface area contributed by atoms with Crippen molar-refractivity contribution in [3.8, 4) is 0 Å². The number of nitro groups is 1. The lowest BCUT2D eigenvalue weighted by Crippen LogP contribution is -2.39. The summed E-state index contributed by atoms with van der Waals surface area (Å²) in [6.45, 7) is 3.60. The minimum absolute atomic E-state index is 0.0983. The molecule has 0 aliphatic rings. The Labute approximate surface area is 152 Å². The Morgan fingerprint density at radius 1 is 1.24 bits per heavy atom. The SMILES string of the molecule is C[C@@H](N[C@H](C)c1ccccc1Br)C(=O)Nc1ccc(F)c([N+](=O)[O-])c1. The molecule has 0 saturated heterocycles. The number of benzene rings is 2. The van der Waals surface area contributed by atoms with Crippen molar-refractivity contribution < 1.29 is 14.1 Å². The van der Waals surface area contributed by atoms with Gasteiger partial charge < -0.3 is 5.32 Å². The van der Waals surface area contributed by atoms with Crippen LogP contribution < -0.4 is 10.6 Å². The van der Waals surface area contributed by atoms with Gasteiger partial charge in [0.2, 0.25) is 11.7 Å². The van der Waals surface area contributed by atoms with Crippen LogP contribution in [0.5, 0.6) is 0 Å². The number of hydrogen-bond acceptors (Lipinski definition) is 4.